The van der Waals surface area contributed by atoms with E-state index in [1.807, 2.05) is 6.07 Å². The number of carbonyl (C=O) groups is 2. The first-order valence-electron chi connectivity index (χ1n) is 4.49. The van der Waals surface area contributed by atoms with Crippen molar-refractivity contribution >= 4 is 11.8 Å². The van der Waals surface area contributed by atoms with Crippen LogP contribution in [0.1, 0.15) is 38.3 Å². The van der Waals surface area contributed by atoms with Crippen LogP contribution in [-0.4, -0.2) is 16.9 Å². The van der Waals surface area contributed by atoms with Crippen LogP contribution in [0.4, 0.5) is 0 Å². The minimum absolute atomic E-state index is 0.0579. The average Bonchev–Trinajstić information content (AvgIpc) is 2.46. The number of carboxylic acids is 1. The van der Waals surface area contributed by atoms with Gasteiger partial charge in [-0.15, -0.1) is 0 Å². The first kappa shape index (κ1) is 8.94. The lowest BCUT2D eigenvalue weighted by Crippen LogP contribution is -2.03. The van der Waals surface area contributed by atoms with Gasteiger partial charge >= 0.3 is 5.97 Å². The lowest BCUT2D eigenvalue weighted by atomic mass is 10.0. The van der Waals surface area contributed by atoms with E-state index in [9.17, 15) is 9.59 Å². The molecule has 1 aromatic carbocycles. The lowest BCUT2D eigenvalue weighted by molar-refractivity contribution is 0.0696. The number of carboxylic acid groups (broad SMARTS) is 1. The van der Waals surface area contributed by atoms with Crippen molar-refractivity contribution in [3.05, 3.63) is 34.4 Å². The Hall–Kier alpha value is -1.64. The van der Waals surface area contributed by atoms with Crippen LogP contribution in [0.5, 0.6) is 0 Å². The van der Waals surface area contributed by atoms with E-state index in [0.717, 1.165) is 17.5 Å². The molecule has 1 aliphatic carbocycles. The van der Waals surface area contributed by atoms with Gasteiger partial charge in [-0.2, -0.15) is 0 Å². The second-order valence-electron chi connectivity index (χ2n) is 3.55. The van der Waals surface area contributed by atoms with Gasteiger partial charge in [0.2, 0.25) is 0 Å². The van der Waals surface area contributed by atoms with Crippen molar-refractivity contribution in [3.63, 3.8) is 0 Å². The molecular weight excluding hydrogens is 180 g/mol. The van der Waals surface area contributed by atoms with Crippen LogP contribution in [0, 0.1) is 6.92 Å². The maximum absolute atomic E-state index is 11.4. The lowest BCUT2D eigenvalue weighted by Gasteiger charge is -2.04. The number of aromatic carboxylic acids is 1. The third-order valence-electron chi connectivity index (χ3n) is 2.60. The minimum atomic E-state index is -0.968. The Kier molecular flexibility index (Phi) is 1.88. The van der Waals surface area contributed by atoms with Crippen LogP contribution >= 0.6 is 0 Å². The van der Waals surface area contributed by atoms with Gasteiger partial charge in [0.25, 0.3) is 0 Å². The van der Waals surface area contributed by atoms with Crippen LogP contribution in [0.25, 0.3) is 0 Å². The maximum Gasteiger partial charge on any atom is 0.335 e. The summed E-state index contributed by atoms with van der Waals surface area (Å²) in [5.74, 6) is -0.910. The first-order valence-corrected chi connectivity index (χ1v) is 4.49. The highest BCUT2D eigenvalue weighted by molar-refractivity contribution is 6.03. The molecule has 0 unspecified atom stereocenters. The molecule has 0 saturated carbocycles. The molecule has 0 bridgehead atoms. The van der Waals surface area contributed by atoms with E-state index < -0.39 is 5.97 Å². The summed E-state index contributed by atoms with van der Waals surface area (Å²) >= 11 is 0. The van der Waals surface area contributed by atoms with Crippen LogP contribution in [0.2, 0.25) is 0 Å². The second-order valence-corrected chi connectivity index (χ2v) is 3.55. The molecule has 0 atom stereocenters. The second kappa shape index (κ2) is 2.94. The molecule has 0 amide bonds. The van der Waals surface area contributed by atoms with Gasteiger partial charge in [-0.25, -0.2) is 4.79 Å². The van der Waals surface area contributed by atoms with Gasteiger partial charge in [0.15, 0.2) is 5.78 Å². The summed E-state index contributed by atoms with van der Waals surface area (Å²) in [6.45, 7) is 1.76. The van der Waals surface area contributed by atoms with E-state index in [2.05, 4.69) is 0 Å². The molecule has 1 aromatic rings. The molecule has 1 N–H and O–H groups in total. The van der Waals surface area contributed by atoms with Crippen molar-refractivity contribution in [2.75, 3.05) is 0 Å². The van der Waals surface area contributed by atoms with Crippen molar-refractivity contribution in [2.24, 2.45) is 0 Å². The van der Waals surface area contributed by atoms with E-state index >= 15 is 0 Å². The fourth-order valence-electron chi connectivity index (χ4n) is 1.85. The fraction of sp³-hybridized carbons (Fsp3) is 0.273. The summed E-state index contributed by atoms with van der Waals surface area (Å²) in [4.78, 5) is 22.2. The number of ketones is 1. The summed E-state index contributed by atoms with van der Waals surface area (Å²) in [6.07, 6.45) is 1.26. The molecular formula is C11H10O3. The Balaban J connectivity index is 2.62. The third kappa shape index (κ3) is 1.21. The van der Waals surface area contributed by atoms with Crippen LogP contribution in [0.3, 0.4) is 0 Å². The molecule has 0 aromatic heterocycles. The van der Waals surface area contributed by atoms with Gasteiger partial charge < -0.3 is 5.11 Å². The van der Waals surface area contributed by atoms with E-state index in [1.165, 1.54) is 6.07 Å². The number of aryl methyl sites for hydroxylation is 2. The summed E-state index contributed by atoms with van der Waals surface area (Å²) < 4.78 is 0. The van der Waals surface area contributed by atoms with Crippen LogP contribution in [0.15, 0.2) is 12.1 Å². The molecule has 2 rings (SSSR count). The molecule has 0 spiro atoms. The van der Waals surface area contributed by atoms with E-state index in [1.54, 1.807) is 6.92 Å². The largest absolute Gasteiger partial charge is 0.478 e. The van der Waals surface area contributed by atoms with Crippen molar-refractivity contribution in [1.82, 2.24) is 0 Å². The monoisotopic (exact) mass is 190 g/mol. The molecule has 3 nitrogen and oxygen atoms in total. The predicted octanol–water partition coefficient (Wildman–Crippen LogP) is 1.82. The average molecular weight is 190 g/mol. The SMILES string of the molecule is Cc1cc2c(cc1C(=O)O)C(=O)CC2. The van der Waals surface area contributed by atoms with Gasteiger partial charge in [0, 0.05) is 12.0 Å². The van der Waals surface area contributed by atoms with Crippen LogP contribution in [-0.2, 0) is 6.42 Å². The highest BCUT2D eigenvalue weighted by atomic mass is 16.4. The van der Waals surface area contributed by atoms with Gasteiger partial charge in [-0.1, -0.05) is 6.07 Å². The molecule has 0 radical (unpaired) electrons. The number of hydrogen-bond donors (Lipinski definition) is 1. The van der Waals surface area contributed by atoms with Crippen molar-refractivity contribution in [1.29, 1.82) is 0 Å². The highest BCUT2D eigenvalue weighted by Crippen LogP contribution is 2.25. The van der Waals surface area contributed by atoms with Gasteiger partial charge in [-0.3, -0.25) is 4.79 Å². The number of benzene rings is 1. The molecule has 1 aliphatic rings. The normalized spacial score (nSPS) is 14.2. The third-order valence-corrected chi connectivity index (χ3v) is 2.60. The molecule has 0 saturated heterocycles. The molecule has 0 aliphatic heterocycles. The molecule has 3 heteroatoms. The molecule has 14 heavy (non-hydrogen) atoms. The Bertz CT molecular complexity index is 432. The topological polar surface area (TPSA) is 54.4 Å². The van der Waals surface area contributed by atoms with E-state index in [-0.39, 0.29) is 11.3 Å². The quantitative estimate of drug-likeness (QED) is 0.734. The van der Waals surface area contributed by atoms with Crippen molar-refractivity contribution in [3.8, 4) is 0 Å². The first-order chi connectivity index (χ1) is 6.59. The zero-order valence-electron chi connectivity index (χ0n) is 7.83. The number of rotatable bonds is 1. The van der Waals surface area contributed by atoms with Gasteiger partial charge in [0.05, 0.1) is 5.56 Å². The Morgan fingerprint density at radius 2 is 2.07 bits per heavy atom. The number of fused-ring (bicyclic) bond motifs is 1. The molecule has 72 valence electrons. The summed E-state index contributed by atoms with van der Waals surface area (Å²) in [5, 5.41) is 8.87. The van der Waals surface area contributed by atoms with Crippen molar-refractivity contribution in [2.45, 2.75) is 19.8 Å². The van der Waals surface area contributed by atoms with E-state index in [4.69, 9.17) is 5.11 Å². The Morgan fingerprint density at radius 1 is 1.36 bits per heavy atom. The number of Topliss-reactive ketones (excluding diaryl/α,β-unsaturated/α-hetero) is 1. The van der Waals surface area contributed by atoms with Gasteiger partial charge in [-0.05, 0) is 30.5 Å². The zero-order chi connectivity index (χ0) is 10.3. The zero-order valence-corrected chi connectivity index (χ0v) is 7.83. The summed E-state index contributed by atoms with van der Waals surface area (Å²) in [6, 6.07) is 3.31. The van der Waals surface area contributed by atoms with Crippen LogP contribution < -0.4 is 0 Å². The molecule has 0 fully saturated rings. The standard InChI is InChI=1S/C11H10O3/c1-6-4-7-2-3-10(12)9(7)5-8(6)11(13)14/h4-5H,2-3H2,1H3,(H,13,14). The Morgan fingerprint density at radius 3 is 2.71 bits per heavy atom. The van der Waals surface area contributed by atoms with Crippen molar-refractivity contribution < 1.29 is 14.7 Å². The fourth-order valence-corrected chi connectivity index (χ4v) is 1.85. The van der Waals surface area contributed by atoms with E-state index in [0.29, 0.717) is 12.0 Å². The number of carbonyl (C=O) groups excluding carboxylic acids is 1. The smallest absolute Gasteiger partial charge is 0.335 e. The minimum Gasteiger partial charge on any atom is -0.478 e. The molecule has 0 heterocycles. The maximum atomic E-state index is 11.4. The van der Waals surface area contributed by atoms with Gasteiger partial charge in [0.1, 0.15) is 0 Å². The summed E-state index contributed by atoms with van der Waals surface area (Å²) in [7, 11) is 0. The predicted molar refractivity (Wildman–Crippen MR) is 50.8 cm³/mol. The Labute approximate surface area is 81.4 Å². The number of hydrogen-bond acceptors (Lipinski definition) is 2. The summed E-state index contributed by atoms with van der Waals surface area (Å²) in [5.41, 5.74) is 2.54. The highest BCUT2D eigenvalue weighted by Gasteiger charge is 2.22.